The molecule has 0 saturated heterocycles. The number of rotatable bonds is 33. The van der Waals surface area contributed by atoms with Crippen molar-refractivity contribution in [3.05, 3.63) is 196 Å². The van der Waals surface area contributed by atoms with Gasteiger partial charge in [-0.05, 0) is 141 Å². The number of aliphatic carboxylic acids is 1. The Kier molecular flexibility index (Phi) is 26.8. The van der Waals surface area contributed by atoms with Crippen molar-refractivity contribution in [2.24, 2.45) is 5.41 Å². The Morgan fingerprint density at radius 2 is 1.32 bits per heavy atom. The first kappa shape index (κ1) is 81.8. The van der Waals surface area contributed by atoms with E-state index in [0.717, 1.165) is 89.3 Å². The molecule has 3 heterocycles. The van der Waals surface area contributed by atoms with Crippen molar-refractivity contribution in [2.45, 2.75) is 193 Å². The van der Waals surface area contributed by atoms with Crippen LogP contribution in [-0.2, 0) is 84.0 Å². The first-order chi connectivity index (χ1) is 51.8. The van der Waals surface area contributed by atoms with Gasteiger partial charge in [0.1, 0.15) is 30.1 Å². The molecule has 582 valence electrons. The van der Waals surface area contributed by atoms with Gasteiger partial charge in [-0.3, -0.25) is 33.1 Å². The van der Waals surface area contributed by atoms with E-state index in [9.17, 15) is 64.6 Å². The lowest BCUT2D eigenvalue weighted by atomic mass is 9.81. The van der Waals surface area contributed by atoms with Crippen molar-refractivity contribution in [1.29, 1.82) is 0 Å². The zero-order valence-corrected chi connectivity index (χ0v) is 64.9. The molecule has 5 aromatic rings. The van der Waals surface area contributed by atoms with Crippen LogP contribution < -0.4 is 40.7 Å². The van der Waals surface area contributed by atoms with E-state index in [0.29, 0.717) is 72.7 Å². The third kappa shape index (κ3) is 21.4. The summed E-state index contributed by atoms with van der Waals surface area (Å²) in [4.78, 5) is 98.9. The summed E-state index contributed by atoms with van der Waals surface area (Å²) in [5.74, 6) is -2.64. The number of carboxylic acids is 1. The minimum absolute atomic E-state index is 0.0807. The van der Waals surface area contributed by atoms with Gasteiger partial charge >= 0.3 is 12.0 Å². The maximum atomic E-state index is 14.5. The Labute approximate surface area is 639 Å². The van der Waals surface area contributed by atoms with E-state index in [-0.39, 0.29) is 93.9 Å². The van der Waals surface area contributed by atoms with Crippen molar-refractivity contribution < 1.29 is 78.7 Å². The fourth-order valence-corrected chi connectivity index (χ4v) is 16.3. The standard InChI is InChI=1S/C83H102N8O16S2/c1-81(2,3)73(93)54-91-70-31-16-15-30-69(70)90(61-24-9-8-10-25-61)53-66(78(91)96)86-80(99)84-52-58-34-32-57(33-35-58)51-75(95)87-76(106-55-92)45-44-74(94)85-65(79(97)98)50-56-36-40-62(41-37-56)107-77-59(38-42-71-82(4,5)63-26-11-13-28-67(63)88(71)46-17-19-48-108(100,101)102)22-21-23-60(77)39-43-72-83(6,7)64-27-12-14-29-68(64)89(72)47-18-20-49-109(103,104)105/h11-16,26-43,55,61,65-66,76H,8-10,17-25,44-54H2,1-7H3,(H6-,84,85,86,87,94,95,97,98,99,100,101,102,103,104,105)/p+1/t65-,66+,76-/m0/s1. The summed E-state index contributed by atoms with van der Waals surface area (Å²) in [6.45, 7) is 15.3. The van der Waals surface area contributed by atoms with Crippen molar-refractivity contribution in [1.82, 2.24) is 21.3 Å². The number of benzene rings is 5. The number of nitrogens with one attached hydrogen (secondary N) is 4. The minimum atomic E-state index is -4.14. The first-order valence-corrected chi connectivity index (χ1v) is 40.8. The number of ketones is 1. The van der Waals surface area contributed by atoms with Crippen LogP contribution in [0.5, 0.6) is 5.75 Å². The van der Waals surface area contributed by atoms with Crippen LogP contribution in [0.3, 0.4) is 0 Å². The second-order valence-electron chi connectivity index (χ2n) is 30.9. The summed E-state index contributed by atoms with van der Waals surface area (Å²) in [5, 5.41) is 21.4. The van der Waals surface area contributed by atoms with E-state index in [1.165, 1.54) is 4.90 Å². The van der Waals surface area contributed by atoms with Crippen molar-refractivity contribution in [3.8, 4) is 5.75 Å². The van der Waals surface area contributed by atoms with Crippen LogP contribution in [0, 0.1) is 5.41 Å². The van der Waals surface area contributed by atoms with Crippen LogP contribution >= 0.6 is 0 Å². The van der Waals surface area contributed by atoms with E-state index in [1.807, 2.05) is 81.4 Å². The number of para-hydroxylation sites is 4. The minimum Gasteiger partial charge on any atom is -0.480 e. The molecule has 7 N–H and O–H groups in total. The Morgan fingerprint density at radius 3 is 1.99 bits per heavy atom. The number of hydrogen-bond acceptors (Lipinski definition) is 15. The normalized spacial score (nSPS) is 18.6. The van der Waals surface area contributed by atoms with Gasteiger partial charge in [0.05, 0.1) is 41.3 Å². The lowest BCUT2D eigenvalue weighted by Gasteiger charge is -2.37. The molecule has 0 spiro atoms. The summed E-state index contributed by atoms with van der Waals surface area (Å²) in [6, 6.07) is 34.8. The Balaban J connectivity index is 0.779. The second kappa shape index (κ2) is 35.7. The number of fused-ring (bicyclic) bond motifs is 3. The first-order valence-electron chi connectivity index (χ1n) is 37.6. The highest BCUT2D eigenvalue weighted by Gasteiger charge is 2.45. The molecular formula is C83H103N8O16S2+. The maximum Gasteiger partial charge on any atom is 0.326 e. The molecule has 24 nitrogen and oxygen atoms in total. The molecule has 5 aliphatic rings. The highest BCUT2D eigenvalue weighted by molar-refractivity contribution is 7.86. The summed E-state index contributed by atoms with van der Waals surface area (Å²) in [5.41, 5.74) is 9.68. The van der Waals surface area contributed by atoms with Gasteiger partial charge in [0.2, 0.25) is 17.5 Å². The zero-order valence-electron chi connectivity index (χ0n) is 63.3. The SMILES string of the molecule is CC(C)(C)C(=O)CN1C(=O)[C@H](NC(=O)NCc2ccc(CC(=O)N[C@H](CCC(=O)N[C@@H](Cc3ccc(OC4=C(C=CC5=[N+](CCCCS(=O)(=O)O)c6ccccc6C5(C)C)CCCC4=CC=C4N(CCCCS(=O)(=O)O)c5ccccc5C4(C)C)cc3)C(=O)O)OC=O)cc2)CN(C2CCCCC2)c2ccccc21. The number of anilines is 3. The molecule has 3 aliphatic heterocycles. The van der Waals surface area contributed by atoms with Gasteiger partial charge in [0.15, 0.2) is 17.7 Å². The molecule has 3 atom stereocenters. The second-order valence-corrected chi connectivity index (χ2v) is 34.0. The largest absolute Gasteiger partial charge is 0.480 e. The average molecular weight is 1530 g/mol. The summed E-state index contributed by atoms with van der Waals surface area (Å²) < 4.78 is 80.2. The summed E-state index contributed by atoms with van der Waals surface area (Å²) in [6.07, 6.45) is 15.1. The average Bonchev–Trinajstić information content (AvgIpc) is 1.60. The number of nitrogens with zero attached hydrogens (tertiary/aromatic N) is 4. The third-order valence-corrected chi connectivity index (χ3v) is 22.8. The molecule has 10 rings (SSSR count). The molecule has 5 aromatic carbocycles. The highest BCUT2D eigenvalue weighted by Crippen LogP contribution is 2.49. The molecule has 0 bridgehead atoms. The monoisotopic (exact) mass is 1530 g/mol. The van der Waals surface area contributed by atoms with E-state index in [4.69, 9.17) is 9.47 Å². The van der Waals surface area contributed by atoms with Gasteiger partial charge < -0.3 is 50.5 Å². The van der Waals surface area contributed by atoms with Crippen molar-refractivity contribution >= 4 is 90.7 Å². The number of urea groups is 1. The number of ether oxygens (including phenoxy) is 2. The van der Waals surface area contributed by atoms with E-state index >= 15 is 0 Å². The molecule has 0 radical (unpaired) electrons. The number of allylic oxidation sites excluding steroid dienone is 7. The van der Waals surface area contributed by atoms with Gasteiger partial charge in [-0.25, -0.2) is 9.59 Å². The predicted octanol–water partition coefficient (Wildman–Crippen LogP) is 11.8. The maximum absolute atomic E-state index is 14.5. The highest BCUT2D eigenvalue weighted by atomic mass is 32.2. The van der Waals surface area contributed by atoms with Gasteiger partial charge in [-0.1, -0.05) is 145 Å². The summed E-state index contributed by atoms with van der Waals surface area (Å²) in [7, 11) is -8.29. The van der Waals surface area contributed by atoms with Gasteiger partial charge in [-0.15, -0.1) is 0 Å². The molecule has 0 aromatic heterocycles. The number of carboxylic acid groups (broad SMARTS) is 1. The van der Waals surface area contributed by atoms with Crippen LogP contribution in [0.15, 0.2) is 168 Å². The van der Waals surface area contributed by atoms with Crippen LogP contribution in [0.4, 0.5) is 27.5 Å². The number of amides is 5. The quantitative estimate of drug-likeness (QED) is 0.00674. The van der Waals surface area contributed by atoms with Crippen LogP contribution in [0.25, 0.3) is 0 Å². The van der Waals surface area contributed by atoms with Crippen LogP contribution in [-0.4, -0.2) is 145 Å². The van der Waals surface area contributed by atoms with Crippen LogP contribution in [0.2, 0.25) is 0 Å². The number of hydrogen-bond donors (Lipinski definition) is 7. The van der Waals surface area contributed by atoms with Crippen molar-refractivity contribution in [2.75, 3.05) is 52.4 Å². The topological polar surface area (TPSA) is 328 Å². The number of carbonyl (C=O) groups is 7. The molecule has 109 heavy (non-hydrogen) atoms. The van der Waals surface area contributed by atoms with Gasteiger partial charge in [-0.2, -0.15) is 21.4 Å². The van der Waals surface area contributed by atoms with Crippen LogP contribution in [0.1, 0.15) is 166 Å². The number of unbranched alkanes of at least 4 members (excludes halogenated alkanes) is 2. The van der Waals surface area contributed by atoms with Gasteiger partial charge in [0, 0.05) is 91.3 Å². The van der Waals surface area contributed by atoms with Gasteiger partial charge in [0.25, 0.3) is 32.6 Å². The Morgan fingerprint density at radius 1 is 0.688 bits per heavy atom. The summed E-state index contributed by atoms with van der Waals surface area (Å²) >= 11 is 0. The van der Waals surface area contributed by atoms with E-state index in [2.05, 4.69) is 99.8 Å². The Hall–Kier alpha value is -9.76. The lowest BCUT2D eigenvalue weighted by Crippen LogP contribution is -2.56. The fraction of sp³-hybridized carbons (Fsp3) is 0.446. The number of Topliss-reactive ketones (excluding diaryl/α,β-unsaturated/α-hetero) is 1. The predicted molar refractivity (Wildman–Crippen MR) is 419 cm³/mol. The molecule has 1 fully saturated rings. The molecule has 5 amide bonds. The van der Waals surface area contributed by atoms with Crippen molar-refractivity contribution in [3.63, 3.8) is 0 Å². The molecule has 0 unspecified atom stereocenters. The number of carbonyl (C=O) groups excluding carboxylic acids is 6. The third-order valence-electron chi connectivity index (χ3n) is 21.1. The molecule has 1 saturated carbocycles. The molecule has 26 heteroatoms. The zero-order chi connectivity index (χ0) is 78.4. The lowest BCUT2D eigenvalue weighted by molar-refractivity contribution is -0.438. The van der Waals surface area contributed by atoms with E-state index < -0.39 is 78.6 Å². The fourth-order valence-electron chi connectivity index (χ4n) is 15.2. The molecular weight excluding hydrogens is 1430 g/mol. The molecule has 2 aliphatic carbocycles. The van der Waals surface area contributed by atoms with E-state index in [1.54, 1.807) is 48.5 Å². The Bertz CT molecular complexity index is 4590. The smallest absolute Gasteiger partial charge is 0.326 e.